The second kappa shape index (κ2) is 6.71. The molecule has 0 radical (unpaired) electrons. The van der Waals surface area contributed by atoms with Crippen LogP contribution in [0.4, 0.5) is 4.39 Å². The number of ether oxygens (including phenoxy) is 2. The molecule has 5 nitrogen and oxygen atoms in total. The molecule has 2 rings (SSSR count). The van der Waals surface area contributed by atoms with Crippen molar-refractivity contribution in [3.05, 3.63) is 65.5 Å². The van der Waals surface area contributed by atoms with Crippen LogP contribution in [0.2, 0.25) is 0 Å². The smallest absolute Gasteiger partial charge is 0.342 e. The van der Waals surface area contributed by atoms with E-state index >= 15 is 0 Å². The molecule has 0 heterocycles. The Bertz CT molecular complexity index is 688. The molecule has 0 spiro atoms. The maximum absolute atomic E-state index is 13.8. The zero-order valence-electron chi connectivity index (χ0n) is 11.8. The molecule has 0 aliphatic rings. The van der Waals surface area contributed by atoms with Crippen molar-refractivity contribution in [1.29, 1.82) is 0 Å². The molecule has 2 aromatic rings. The number of amides is 1. The van der Waals surface area contributed by atoms with Crippen molar-refractivity contribution in [2.75, 3.05) is 7.11 Å². The number of carbonyl (C=O) groups is 2. The minimum Gasteiger partial charge on any atom is -0.497 e. The molecular weight excluding hydrogens is 289 g/mol. The highest BCUT2D eigenvalue weighted by molar-refractivity contribution is 5.92. The van der Waals surface area contributed by atoms with E-state index in [0.29, 0.717) is 5.56 Å². The molecule has 114 valence electrons. The molecule has 6 heteroatoms. The van der Waals surface area contributed by atoms with Gasteiger partial charge >= 0.3 is 5.97 Å². The third-order valence-corrected chi connectivity index (χ3v) is 2.98. The summed E-state index contributed by atoms with van der Waals surface area (Å²) in [6.07, 6.45) is -1.28. The number of nitrogens with two attached hydrogens (primary N) is 1. The van der Waals surface area contributed by atoms with Crippen molar-refractivity contribution >= 4 is 11.9 Å². The summed E-state index contributed by atoms with van der Waals surface area (Å²) in [5, 5.41) is 0. The lowest BCUT2D eigenvalue weighted by molar-refractivity contribution is -0.127. The van der Waals surface area contributed by atoms with Gasteiger partial charge in [-0.1, -0.05) is 30.3 Å². The number of halogens is 1. The van der Waals surface area contributed by atoms with E-state index in [9.17, 15) is 14.0 Å². The Morgan fingerprint density at radius 2 is 1.82 bits per heavy atom. The highest BCUT2D eigenvalue weighted by Gasteiger charge is 2.24. The van der Waals surface area contributed by atoms with E-state index in [1.165, 1.54) is 19.2 Å². The van der Waals surface area contributed by atoms with Crippen molar-refractivity contribution in [3.63, 3.8) is 0 Å². The Morgan fingerprint density at radius 1 is 1.14 bits per heavy atom. The molecule has 1 amide bonds. The van der Waals surface area contributed by atoms with Gasteiger partial charge in [0.25, 0.3) is 5.91 Å². The lowest BCUT2D eigenvalue weighted by atomic mass is 10.1. The van der Waals surface area contributed by atoms with E-state index in [4.69, 9.17) is 15.2 Å². The number of methoxy groups -OCH3 is 1. The van der Waals surface area contributed by atoms with Gasteiger partial charge < -0.3 is 15.2 Å². The van der Waals surface area contributed by atoms with Crippen molar-refractivity contribution in [2.24, 2.45) is 5.73 Å². The first-order valence-corrected chi connectivity index (χ1v) is 6.41. The summed E-state index contributed by atoms with van der Waals surface area (Å²) < 4.78 is 23.7. The van der Waals surface area contributed by atoms with E-state index in [1.54, 1.807) is 30.3 Å². The Balaban J connectivity index is 2.24. The zero-order chi connectivity index (χ0) is 16.1. The van der Waals surface area contributed by atoms with Gasteiger partial charge in [-0.15, -0.1) is 0 Å². The molecule has 0 fully saturated rings. The minimum absolute atomic E-state index is 0.267. The SMILES string of the molecule is COc1ccc(C(=O)OC(C(N)=O)c2ccccc2)c(F)c1. The van der Waals surface area contributed by atoms with E-state index < -0.39 is 23.8 Å². The van der Waals surface area contributed by atoms with Crippen LogP contribution in [-0.4, -0.2) is 19.0 Å². The first kappa shape index (κ1) is 15.5. The Labute approximate surface area is 126 Å². The standard InChI is InChI=1S/C16H14FNO4/c1-21-11-7-8-12(13(17)9-11)16(20)22-14(15(18)19)10-5-3-2-4-6-10/h2-9,14H,1H3,(H2,18,19). The summed E-state index contributed by atoms with van der Waals surface area (Å²) in [7, 11) is 1.38. The van der Waals surface area contributed by atoms with E-state index in [-0.39, 0.29) is 11.3 Å². The number of esters is 1. The molecule has 22 heavy (non-hydrogen) atoms. The molecule has 2 aromatic carbocycles. The van der Waals surface area contributed by atoms with Crippen LogP contribution >= 0.6 is 0 Å². The largest absolute Gasteiger partial charge is 0.497 e. The topological polar surface area (TPSA) is 78.6 Å². The quantitative estimate of drug-likeness (QED) is 0.859. The Kier molecular flexibility index (Phi) is 4.73. The number of hydrogen-bond donors (Lipinski definition) is 1. The van der Waals surface area contributed by atoms with Crippen LogP contribution in [0.1, 0.15) is 22.0 Å². The van der Waals surface area contributed by atoms with Crippen LogP contribution < -0.4 is 10.5 Å². The van der Waals surface area contributed by atoms with Crippen molar-refractivity contribution in [2.45, 2.75) is 6.10 Å². The van der Waals surface area contributed by atoms with Gasteiger partial charge in [0.15, 0.2) is 0 Å². The number of primary amides is 1. The monoisotopic (exact) mass is 303 g/mol. The Morgan fingerprint density at radius 3 is 2.36 bits per heavy atom. The van der Waals surface area contributed by atoms with Crippen LogP contribution in [0.5, 0.6) is 5.75 Å². The predicted octanol–water partition coefficient (Wildman–Crippen LogP) is 2.22. The molecule has 0 saturated carbocycles. The van der Waals surface area contributed by atoms with Gasteiger partial charge in [-0.05, 0) is 12.1 Å². The van der Waals surface area contributed by atoms with Crippen LogP contribution in [0.3, 0.4) is 0 Å². The van der Waals surface area contributed by atoms with Crippen LogP contribution in [0.15, 0.2) is 48.5 Å². The third-order valence-electron chi connectivity index (χ3n) is 2.98. The molecule has 0 aliphatic heterocycles. The lowest BCUT2D eigenvalue weighted by Crippen LogP contribution is -2.26. The van der Waals surface area contributed by atoms with E-state index in [0.717, 1.165) is 6.07 Å². The first-order valence-electron chi connectivity index (χ1n) is 6.41. The van der Waals surface area contributed by atoms with Gasteiger partial charge in [-0.25, -0.2) is 9.18 Å². The summed E-state index contributed by atoms with van der Waals surface area (Å²) in [5.74, 6) is -2.36. The molecule has 1 atom stereocenters. The second-order valence-electron chi connectivity index (χ2n) is 4.44. The molecule has 2 N–H and O–H groups in total. The van der Waals surface area contributed by atoms with Gasteiger partial charge in [-0.3, -0.25) is 4.79 Å². The maximum Gasteiger partial charge on any atom is 0.342 e. The number of hydrogen-bond acceptors (Lipinski definition) is 4. The summed E-state index contributed by atoms with van der Waals surface area (Å²) in [6, 6.07) is 12.0. The average molecular weight is 303 g/mol. The fourth-order valence-corrected chi connectivity index (χ4v) is 1.88. The molecule has 0 saturated heterocycles. The zero-order valence-corrected chi connectivity index (χ0v) is 11.8. The summed E-state index contributed by atoms with van der Waals surface area (Å²) in [5.41, 5.74) is 5.36. The fourth-order valence-electron chi connectivity index (χ4n) is 1.88. The number of rotatable bonds is 5. The molecular formula is C16H14FNO4. The molecule has 0 aromatic heterocycles. The summed E-state index contributed by atoms with van der Waals surface area (Å²) >= 11 is 0. The fraction of sp³-hybridized carbons (Fsp3) is 0.125. The minimum atomic E-state index is -1.28. The van der Waals surface area contributed by atoms with Crippen molar-refractivity contribution in [1.82, 2.24) is 0 Å². The van der Waals surface area contributed by atoms with Gasteiger partial charge in [0.05, 0.1) is 12.7 Å². The normalized spacial score (nSPS) is 11.5. The third kappa shape index (κ3) is 3.41. The highest BCUT2D eigenvalue weighted by Crippen LogP contribution is 2.22. The van der Waals surface area contributed by atoms with Gasteiger partial charge in [0.1, 0.15) is 11.6 Å². The maximum atomic E-state index is 13.8. The lowest BCUT2D eigenvalue weighted by Gasteiger charge is -2.15. The van der Waals surface area contributed by atoms with Gasteiger partial charge in [-0.2, -0.15) is 0 Å². The first-order chi connectivity index (χ1) is 10.5. The van der Waals surface area contributed by atoms with Crippen molar-refractivity contribution in [3.8, 4) is 5.75 Å². The predicted molar refractivity (Wildman–Crippen MR) is 76.7 cm³/mol. The van der Waals surface area contributed by atoms with Crippen molar-refractivity contribution < 1.29 is 23.5 Å². The second-order valence-corrected chi connectivity index (χ2v) is 4.44. The number of carbonyl (C=O) groups excluding carboxylic acids is 2. The van der Waals surface area contributed by atoms with Gasteiger partial charge in [0.2, 0.25) is 6.10 Å². The van der Waals surface area contributed by atoms with E-state index in [1.807, 2.05) is 0 Å². The molecule has 0 bridgehead atoms. The van der Waals surface area contributed by atoms with Crippen LogP contribution in [0.25, 0.3) is 0 Å². The summed E-state index contributed by atoms with van der Waals surface area (Å²) in [6.45, 7) is 0. The Hall–Kier alpha value is -2.89. The van der Waals surface area contributed by atoms with Crippen LogP contribution in [-0.2, 0) is 9.53 Å². The highest BCUT2D eigenvalue weighted by atomic mass is 19.1. The molecule has 0 aliphatic carbocycles. The van der Waals surface area contributed by atoms with E-state index in [2.05, 4.69) is 0 Å². The van der Waals surface area contributed by atoms with Gasteiger partial charge in [0, 0.05) is 11.6 Å². The van der Waals surface area contributed by atoms with Crippen LogP contribution in [0, 0.1) is 5.82 Å². The number of benzene rings is 2. The average Bonchev–Trinajstić information content (AvgIpc) is 2.52. The summed E-state index contributed by atoms with van der Waals surface area (Å²) in [4.78, 5) is 23.5. The molecule has 1 unspecified atom stereocenters.